The van der Waals surface area contributed by atoms with Crippen LogP contribution in [0.2, 0.25) is 0 Å². The van der Waals surface area contributed by atoms with Gasteiger partial charge in [-0.1, -0.05) is 18.2 Å². The molecular formula is C30H34F3N3O4. The first-order chi connectivity index (χ1) is 18.9. The molecule has 2 heterocycles. The van der Waals surface area contributed by atoms with E-state index in [1.807, 2.05) is 6.07 Å². The molecule has 2 aliphatic heterocycles. The fourth-order valence-electron chi connectivity index (χ4n) is 8.31. The van der Waals surface area contributed by atoms with Gasteiger partial charge in [-0.05, 0) is 88.8 Å². The number of amides is 1. The van der Waals surface area contributed by atoms with Gasteiger partial charge >= 0.3 is 6.36 Å². The van der Waals surface area contributed by atoms with Gasteiger partial charge in [0.25, 0.3) is 0 Å². The minimum atomic E-state index is -4.79. The molecule has 1 saturated carbocycles. The van der Waals surface area contributed by atoms with Gasteiger partial charge in [0.2, 0.25) is 5.91 Å². The highest BCUT2D eigenvalue weighted by Gasteiger charge is 2.74. The number of ether oxygens (including phenoxy) is 2. The molecule has 7 nitrogen and oxygen atoms in total. The number of piperidine rings is 1. The fourth-order valence-corrected chi connectivity index (χ4v) is 8.31. The maximum atomic E-state index is 13.5. The van der Waals surface area contributed by atoms with Crippen LogP contribution >= 0.6 is 0 Å². The number of aromatic hydroxyl groups is 1. The summed E-state index contributed by atoms with van der Waals surface area (Å²) in [4.78, 5) is 19.9. The summed E-state index contributed by atoms with van der Waals surface area (Å²) in [6.45, 7) is 0.884. The molecule has 4 aliphatic rings. The summed E-state index contributed by atoms with van der Waals surface area (Å²) >= 11 is 0. The maximum Gasteiger partial charge on any atom is 0.573 e. The van der Waals surface area contributed by atoms with Gasteiger partial charge in [0.1, 0.15) is 11.9 Å². The number of nitrogens with zero attached hydrogens (tertiary/aromatic N) is 3. The Morgan fingerprint density at radius 1 is 1.20 bits per heavy atom. The number of phenolic OH excluding ortho intramolecular Hbond substituents is 1. The van der Waals surface area contributed by atoms with Crippen molar-refractivity contribution >= 4 is 12.0 Å². The van der Waals surface area contributed by atoms with E-state index in [2.05, 4.69) is 35.7 Å². The Labute approximate surface area is 231 Å². The summed E-state index contributed by atoms with van der Waals surface area (Å²) in [5.74, 6) is 0.0523. The van der Waals surface area contributed by atoms with E-state index in [4.69, 9.17) is 4.74 Å². The number of halogens is 3. The minimum absolute atomic E-state index is 0.126. The molecule has 1 saturated heterocycles. The first-order valence-corrected chi connectivity index (χ1v) is 13.6. The largest absolute Gasteiger partial charge is 0.573 e. The zero-order chi connectivity index (χ0) is 28.6. The number of alkyl halides is 3. The standard InChI is InChI=1S/C30H34F3N3O4/c1-34(2)29-13-12-21(36(4)24(38)11-8-18-6-5-7-20(16-18)40-30(31,32)33)27-28(29)14-15-35(3)23(29)17-19-9-10-22(37)26(39-27)25(19)28/h5-11,16,21,23,27,37H,12-15,17H2,1-4H3/b11-8+/t21?,23-,27?,28+,29-/m1/s1. The Morgan fingerprint density at radius 3 is 2.70 bits per heavy atom. The Kier molecular flexibility index (Phi) is 6.16. The van der Waals surface area contributed by atoms with Crippen LogP contribution in [-0.2, 0) is 16.6 Å². The van der Waals surface area contributed by atoms with Gasteiger partial charge in [-0.2, -0.15) is 0 Å². The van der Waals surface area contributed by atoms with Gasteiger partial charge in [0, 0.05) is 30.3 Å². The predicted molar refractivity (Wildman–Crippen MR) is 143 cm³/mol. The molecule has 40 heavy (non-hydrogen) atoms. The molecule has 2 unspecified atom stereocenters. The van der Waals surface area contributed by atoms with Crippen LogP contribution in [-0.4, -0.2) is 90.5 Å². The van der Waals surface area contributed by atoms with Crippen molar-refractivity contribution < 1.29 is 32.5 Å². The van der Waals surface area contributed by atoms with E-state index in [1.54, 1.807) is 24.1 Å². The normalized spacial score (nSPS) is 30.8. The van der Waals surface area contributed by atoms with Crippen LogP contribution in [0.3, 0.4) is 0 Å². The zero-order valence-corrected chi connectivity index (χ0v) is 23.0. The van der Waals surface area contributed by atoms with Crippen LogP contribution in [0.1, 0.15) is 36.0 Å². The molecule has 1 amide bonds. The van der Waals surface area contributed by atoms with E-state index in [0.717, 1.165) is 31.4 Å². The van der Waals surface area contributed by atoms with Crippen LogP contribution in [0.15, 0.2) is 42.5 Å². The topological polar surface area (TPSA) is 65.5 Å². The van der Waals surface area contributed by atoms with Crippen LogP contribution in [0.4, 0.5) is 13.2 Å². The van der Waals surface area contributed by atoms with Crippen LogP contribution < -0.4 is 9.47 Å². The highest BCUT2D eigenvalue weighted by molar-refractivity contribution is 5.92. The average molecular weight is 558 g/mol. The summed E-state index contributed by atoms with van der Waals surface area (Å²) < 4.78 is 48.6. The van der Waals surface area contributed by atoms with E-state index in [0.29, 0.717) is 17.7 Å². The Balaban J connectivity index is 1.34. The second kappa shape index (κ2) is 9.14. The summed E-state index contributed by atoms with van der Waals surface area (Å²) in [7, 11) is 8.19. The third kappa shape index (κ3) is 3.75. The molecule has 0 radical (unpaired) electrons. The molecule has 2 aliphatic carbocycles. The van der Waals surface area contributed by atoms with Gasteiger partial charge in [0.05, 0.1) is 11.5 Å². The number of carbonyl (C=O) groups excluding carboxylic acids is 1. The molecule has 0 aromatic heterocycles. The minimum Gasteiger partial charge on any atom is -0.504 e. The van der Waals surface area contributed by atoms with E-state index in [1.165, 1.54) is 35.9 Å². The van der Waals surface area contributed by atoms with Crippen molar-refractivity contribution in [3.8, 4) is 17.2 Å². The number of likely N-dealkylation sites (tertiary alicyclic amines) is 1. The summed E-state index contributed by atoms with van der Waals surface area (Å²) in [6, 6.07) is 9.25. The molecule has 214 valence electrons. The molecule has 2 aromatic rings. The average Bonchev–Trinajstić information content (AvgIpc) is 3.25. The zero-order valence-electron chi connectivity index (χ0n) is 23.0. The molecule has 1 N–H and O–H groups in total. The van der Waals surface area contributed by atoms with Crippen molar-refractivity contribution in [1.82, 2.24) is 14.7 Å². The van der Waals surface area contributed by atoms with Crippen LogP contribution in [0.5, 0.6) is 17.2 Å². The van der Waals surface area contributed by atoms with Gasteiger partial charge in [-0.25, -0.2) is 0 Å². The monoisotopic (exact) mass is 557 g/mol. The van der Waals surface area contributed by atoms with Gasteiger partial charge in [-0.15, -0.1) is 13.2 Å². The number of hydrogen-bond donors (Lipinski definition) is 1. The predicted octanol–water partition coefficient (Wildman–Crippen LogP) is 4.18. The highest BCUT2D eigenvalue weighted by Crippen LogP contribution is 2.67. The van der Waals surface area contributed by atoms with Crippen LogP contribution in [0, 0.1) is 0 Å². The number of rotatable bonds is 5. The van der Waals surface area contributed by atoms with E-state index in [9.17, 15) is 23.1 Å². The van der Waals surface area contributed by atoms with Crippen molar-refractivity contribution in [2.45, 2.75) is 61.2 Å². The summed E-state index contributed by atoms with van der Waals surface area (Å²) in [6.07, 6.45) is 1.000. The third-order valence-corrected chi connectivity index (χ3v) is 9.85. The van der Waals surface area contributed by atoms with E-state index in [-0.39, 0.29) is 41.1 Å². The Bertz CT molecular complexity index is 1380. The lowest BCUT2D eigenvalue weighted by atomic mass is 9.46. The quantitative estimate of drug-likeness (QED) is 0.557. The molecular weight excluding hydrogens is 523 g/mol. The second-order valence-electron chi connectivity index (χ2n) is 11.7. The third-order valence-electron chi connectivity index (χ3n) is 9.85. The lowest BCUT2D eigenvalue weighted by molar-refractivity contribution is -0.274. The lowest BCUT2D eigenvalue weighted by Gasteiger charge is -2.68. The second-order valence-corrected chi connectivity index (χ2v) is 11.7. The van der Waals surface area contributed by atoms with Crippen molar-refractivity contribution in [2.24, 2.45) is 0 Å². The van der Waals surface area contributed by atoms with Crippen molar-refractivity contribution in [3.05, 3.63) is 59.2 Å². The van der Waals surface area contributed by atoms with Gasteiger partial charge < -0.3 is 29.3 Å². The highest BCUT2D eigenvalue weighted by atomic mass is 19.4. The number of phenols is 1. The molecule has 1 spiro atoms. The first kappa shape index (κ1) is 27.0. The van der Waals surface area contributed by atoms with Crippen molar-refractivity contribution in [2.75, 3.05) is 34.7 Å². The van der Waals surface area contributed by atoms with Crippen molar-refractivity contribution in [1.29, 1.82) is 0 Å². The first-order valence-electron chi connectivity index (χ1n) is 13.6. The number of carbonyl (C=O) groups is 1. The van der Waals surface area contributed by atoms with Gasteiger partial charge in [0.15, 0.2) is 11.5 Å². The summed E-state index contributed by atoms with van der Waals surface area (Å²) in [5, 5.41) is 10.9. The smallest absolute Gasteiger partial charge is 0.504 e. The SMILES string of the molecule is CN(C(=O)/C=C/c1cccc(OC(F)(F)F)c1)C1CC[C@@]2(N(C)C)[C@H]3Cc4ccc(O)c5c4[C@@]2(CCN3C)C1O5. The number of likely N-dealkylation sites (N-methyl/N-ethyl adjacent to an activating group) is 3. The van der Waals surface area contributed by atoms with E-state index < -0.39 is 11.8 Å². The van der Waals surface area contributed by atoms with Gasteiger partial charge in [-0.3, -0.25) is 4.79 Å². The molecule has 5 atom stereocenters. The number of benzene rings is 2. The molecule has 2 aromatic carbocycles. The summed E-state index contributed by atoms with van der Waals surface area (Å²) in [5.41, 5.74) is 2.07. The Morgan fingerprint density at radius 2 is 1.98 bits per heavy atom. The van der Waals surface area contributed by atoms with Crippen molar-refractivity contribution in [3.63, 3.8) is 0 Å². The number of hydrogen-bond acceptors (Lipinski definition) is 6. The molecule has 2 fully saturated rings. The fraction of sp³-hybridized carbons (Fsp3) is 0.500. The molecule has 6 rings (SSSR count). The Hall–Kier alpha value is -3.24. The van der Waals surface area contributed by atoms with Crippen LogP contribution in [0.25, 0.3) is 6.08 Å². The molecule has 10 heteroatoms. The maximum absolute atomic E-state index is 13.5. The van der Waals surface area contributed by atoms with E-state index >= 15 is 0 Å². The molecule has 2 bridgehead atoms. The lowest BCUT2D eigenvalue weighted by Crippen LogP contribution is -2.81.